The van der Waals surface area contributed by atoms with Crippen molar-refractivity contribution in [2.24, 2.45) is 15.7 Å². The fourth-order valence-electron chi connectivity index (χ4n) is 4.85. The number of nitrogens with zero attached hydrogens (tertiary/aromatic N) is 5. The molecule has 41 heavy (non-hydrogen) atoms. The number of rotatable bonds is 8. The average Bonchev–Trinajstić information content (AvgIpc) is 3.41. The van der Waals surface area contributed by atoms with Gasteiger partial charge in [0.05, 0.1) is 24.6 Å². The number of halogens is 1. The number of amides is 1. The largest absolute Gasteiger partial charge is 0.381 e. The van der Waals surface area contributed by atoms with Crippen LogP contribution in [0, 0.1) is 5.82 Å². The van der Waals surface area contributed by atoms with Gasteiger partial charge < -0.3 is 20.7 Å². The first-order chi connectivity index (χ1) is 19.7. The second kappa shape index (κ2) is 15.8. The molecule has 11 heteroatoms. The van der Waals surface area contributed by atoms with Crippen molar-refractivity contribution < 1.29 is 18.7 Å². The van der Waals surface area contributed by atoms with Crippen molar-refractivity contribution in [3.8, 4) is 0 Å². The Bertz CT molecular complexity index is 1230. The van der Waals surface area contributed by atoms with E-state index in [9.17, 15) is 14.0 Å². The van der Waals surface area contributed by atoms with E-state index in [2.05, 4.69) is 40.8 Å². The van der Waals surface area contributed by atoms with Gasteiger partial charge in [-0.15, -0.1) is 0 Å². The number of anilines is 1. The van der Waals surface area contributed by atoms with Crippen LogP contribution in [0.15, 0.2) is 53.1 Å². The zero-order valence-corrected chi connectivity index (χ0v) is 24.3. The lowest BCUT2D eigenvalue weighted by atomic mass is 9.94. The summed E-state index contributed by atoms with van der Waals surface area (Å²) in [7, 11) is 1.64. The molecule has 1 atom stereocenters. The first-order valence-corrected chi connectivity index (χ1v) is 14.1. The minimum Gasteiger partial charge on any atom is -0.381 e. The molecule has 2 aliphatic rings. The van der Waals surface area contributed by atoms with Crippen LogP contribution >= 0.6 is 0 Å². The maximum absolute atomic E-state index is 13.1. The second-order valence-corrected chi connectivity index (χ2v) is 10.4. The number of hydrogen-bond acceptors (Lipinski definition) is 6. The molecule has 0 aliphatic carbocycles. The number of ketones is 1. The van der Waals surface area contributed by atoms with E-state index in [1.54, 1.807) is 35.1 Å². The van der Waals surface area contributed by atoms with E-state index in [1.807, 2.05) is 6.20 Å². The second-order valence-electron chi connectivity index (χ2n) is 10.4. The Balaban J connectivity index is 0.000000226. The van der Waals surface area contributed by atoms with E-state index in [0.717, 1.165) is 50.3 Å². The molecule has 222 valence electrons. The molecule has 1 amide bonds. The fourth-order valence-corrected chi connectivity index (χ4v) is 4.85. The lowest BCUT2D eigenvalue weighted by Gasteiger charge is -2.34. The Kier molecular flexibility index (Phi) is 12.2. The molecular formula is C30H42FN7O3. The van der Waals surface area contributed by atoms with Gasteiger partial charge >= 0.3 is 0 Å². The summed E-state index contributed by atoms with van der Waals surface area (Å²) in [6, 6.07) is 5.94. The van der Waals surface area contributed by atoms with E-state index in [4.69, 9.17) is 10.5 Å². The Morgan fingerprint density at radius 1 is 1.27 bits per heavy atom. The third-order valence-corrected chi connectivity index (χ3v) is 7.14. The molecule has 2 saturated heterocycles. The van der Waals surface area contributed by atoms with Crippen molar-refractivity contribution >= 4 is 29.8 Å². The number of nitrogens with two attached hydrogens (primary N) is 1. The number of aliphatic imine (C=N–C) groups is 2. The average molecular weight is 568 g/mol. The highest BCUT2D eigenvalue weighted by molar-refractivity contribution is 5.94. The van der Waals surface area contributed by atoms with Gasteiger partial charge in [-0.05, 0) is 61.8 Å². The summed E-state index contributed by atoms with van der Waals surface area (Å²) in [4.78, 5) is 34.3. The van der Waals surface area contributed by atoms with E-state index < -0.39 is 6.04 Å². The van der Waals surface area contributed by atoms with Crippen molar-refractivity contribution in [2.75, 3.05) is 32.1 Å². The SMILES string of the molecule is C=CC(=O)N1CCCCC1C(=O)Cc1cccc(F)c1.CN=C(N)n1ncc(C(C)C)c1NC=NC1CCOCC1. The summed E-state index contributed by atoms with van der Waals surface area (Å²) in [5.74, 6) is 0.918. The van der Waals surface area contributed by atoms with Crippen molar-refractivity contribution in [2.45, 2.75) is 70.4 Å². The van der Waals surface area contributed by atoms with Crippen LogP contribution in [-0.4, -0.2) is 77.6 Å². The highest BCUT2D eigenvalue weighted by Crippen LogP contribution is 2.23. The summed E-state index contributed by atoms with van der Waals surface area (Å²) in [6.45, 7) is 9.85. The zero-order valence-electron chi connectivity index (χ0n) is 24.3. The van der Waals surface area contributed by atoms with Crippen LogP contribution in [0.5, 0.6) is 0 Å². The number of carbonyl (C=O) groups excluding carboxylic acids is 2. The van der Waals surface area contributed by atoms with Crippen molar-refractivity contribution in [3.05, 3.63) is 60.1 Å². The van der Waals surface area contributed by atoms with E-state index >= 15 is 0 Å². The van der Waals surface area contributed by atoms with E-state index in [0.29, 0.717) is 36.4 Å². The molecule has 0 radical (unpaired) electrons. The molecule has 2 aromatic rings. The third kappa shape index (κ3) is 9.07. The standard InChI is InChI=1S/C16H18FNO2.C14H24N6O/c1-2-16(20)18-9-4-3-8-14(18)15(19)11-12-6-5-7-13(17)10-12;1-10(2)12-8-19-20(14(15)16-3)13(12)18-9-17-11-4-6-21-7-5-11/h2,5-7,10,14H,1,3-4,8-9,11H2;8-11H,4-7H2,1-3H3,(H2,15,16)(H,17,18). The predicted molar refractivity (Wildman–Crippen MR) is 160 cm³/mol. The van der Waals surface area contributed by atoms with Crippen molar-refractivity contribution in [1.29, 1.82) is 0 Å². The molecule has 0 spiro atoms. The number of piperidine rings is 1. The number of nitrogens with one attached hydrogen (secondary N) is 1. The van der Waals surface area contributed by atoms with E-state index in [1.165, 1.54) is 18.2 Å². The lowest BCUT2D eigenvalue weighted by molar-refractivity contribution is -0.137. The highest BCUT2D eigenvalue weighted by Gasteiger charge is 2.30. The van der Waals surface area contributed by atoms with Crippen LogP contribution < -0.4 is 11.1 Å². The maximum atomic E-state index is 13.1. The molecule has 2 aliphatic heterocycles. The summed E-state index contributed by atoms with van der Waals surface area (Å²) in [6.07, 6.45) is 9.39. The third-order valence-electron chi connectivity index (χ3n) is 7.14. The summed E-state index contributed by atoms with van der Waals surface area (Å²) in [5.41, 5.74) is 7.60. The molecule has 1 aromatic carbocycles. The highest BCUT2D eigenvalue weighted by atomic mass is 19.1. The van der Waals surface area contributed by atoms with Crippen LogP contribution in [0.1, 0.15) is 63.0 Å². The van der Waals surface area contributed by atoms with Crippen molar-refractivity contribution in [3.63, 3.8) is 0 Å². The molecule has 0 bridgehead atoms. The number of aromatic nitrogens is 2. The van der Waals surface area contributed by atoms with Crippen LogP contribution in [0.4, 0.5) is 10.2 Å². The molecule has 4 rings (SSSR count). The van der Waals surface area contributed by atoms with Gasteiger partial charge in [-0.2, -0.15) is 9.78 Å². The molecule has 10 nitrogen and oxygen atoms in total. The Morgan fingerprint density at radius 2 is 2.02 bits per heavy atom. The molecule has 3 heterocycles. The number of likely N-dealkylation sites (tertiary alicyclic amines) is 1. The Hall–Kier alpha value is -3.86. The van der Waals surface area contributed by atoms with Crippen LogP contribution in [-0.2, 0) is 20.7 Å². The zero-order chi connectivity index (χ0) is 29.8. The molecular weight excluding hydrogens is 525 g/mol. The van der Waals surface area contributed by atoms with E-state index in [-0.39, 0.29) is 23.9 Å². The van der Waals surface area contributed by atoms with Crippen LogP contribution in [0.3, 0.4) is 0 Å². The smallest absolute Gasteiger partial charge is 0.246 e. The van der Waals surface area contributed by atoms with Gasteiger partial charge in [0.2, 0.25) is 11.9 Å². The minimum atomic E-state index is -0.405. The van der Waals surface area contributed by atoms with Crippen LogP contribution in [0.25, 0.3) is 0 Å². The van der Waals surface area contributed by atoms with Crippen LogP contribution in [0.2, 0.25) is 0 Å². The molecule has 3 N–H and O–H groups in total. The van der Waals surface area contributed by atoms with Gasteiger partial charge in [0.1, 0.15) is 11.6 Å². The molecule has 2 fully saturated rings. The quantitative estimate of drug-likeness (QED) is 0.283. The molecule has 1 unspecified atom stereocenters. The van der Waals surface area contributed by atoms with Gasteiger partial charge in [0.15, 0.2) is 5.78 Å². The van der Waals surface area contributed by atoms with Gasteiger partial charge in [-0.25, -0.2) is 4.39 Å². The predicted octanol–water partition coefficient (Wildman–Crippen LogP) is 3.92. The molecule has 0 saturated carbocycles. The monoisotopic (exact) mass is 567 g/mol. The summed E-state index contributed by atoms with van der Waals surface area (Å²) >= 11 is 0. The lowest BCUT2D eigenvalue weighted by Crippen LogP contribution is -2.47. The Labute approximate surface area is 241 Å². The fraction of sp³-hybridized carbons (Fsp3) is 0.500. The van der Waals surface area contributed by atoms with Gasteiger partial charge in [0, 0.05) is 38.8 Å². The topological polar surface area (TPSA) is 127 Å². The summed E-state index contributed by atoms with van der Waals surface area (Å²) in [5, 5.41) is 7.50. The number of benzene rings is 1. The number of Topliss-reactive ketones (excluding diaryl/α,β-unsaturated/α-hetero) is 1. The first kappa shape index (κ1) is 31.7. The Morgan fingerprint density at radius 3 is 2.68 bits per heavy atom. The number of carbonyl (C=O) groups is 2. The van der Waals surface area contributed by atoms with Gasteiger partial charge in [-0.1, -0.05) is 32.6 Å². The normalized spacial score (nSPS) is 18.2. The number of hydrogen-bond donors (Lipinski definition) is 2. The van der Waals surface area contributed by atoms with Crippen molar-refractivity contribution in [1.82, 2.24) is 14.7 Å². The minimum absolute atomic E-state index is 0.0366. The maximum Gasteiger partial charge on any atom is 0.246 e. The molecule has 1 aromatic heterocycles. The first-order valence-electron chi connectivity index (χ1n) is 14.1. The summed E-state index contributed by atoms with van der Waals surface area (Å²) < 4.78 is 20.1. The number of ether oxygens (including phenoxy) is 1. The van der Waals surface area contributed by atoms with Gasteiger partial charge in [-0.3, -0.25) is 19.6 Å². The van der Waals surface area contributed by atoms with Gasteiger partial charge in [0.25, 0.3) is 0 Å².